The lowest BCUT2D eigenvalue weighted by atomic mass is 9.47. The molecule has 1 spiro atoms. The van der Waals surface area contributed by atoms with Crippen LogP contribution in [0.2, 0.25) is 0 Å². The molecule has 5 atom stereocenters. The van der Waals surface area contributed by atoms with E-state index in [1.54, 1.807) is 6.07 Å². The van der Waals surface area contributed by atoms with Crippen LogP contribution in [0, 0.1) is 11.8 Å². The van der Waals surface area contributed by atoms with E-state index in [2.05, 4.69) is 10.2 Å². The molecule has 1 amide bonds. The van der Waals surface area contributed by atoms with Crippen LogP contribution in [0.25, 0.3) is 0 Å². The molecule has 3 saturated carbocycles. The van der Waals surface area contributed by atoms with Crippen LogP contribution >= 0.6 is 0 Å². The number of phenols is 1. The molecule has 9 nitrogen and oxygen atoms in total. The van der Waals surface area contributed by atoms with E-state index in [9.17, 15) is 29.7 Å². The lowest BCUT2D eigenvalue weighted by molar-refractivity contribution is -0.199. The van der Waals surface area contributed by atoms with Crippen molar-refractivity contribution in [2.45, 2.75) is 86.5 Å². The molecule has 1 saturated heterocycles. The third kappa shape index (κ3) is 2.70. The molecule has 4 aliphatic carbocycles. The minimum Gasteiger partial charge on any atom is -0.504 e. The Labute approximate surface area is 208 Å². The number of carbonyl (C=O) groups is 3. The fraction of sp³-hybridized carbons (Fsp3) is 0.667. The first-order chi connectivity index (χ1) is 17.2. The highest BCUT2D eigenvalue weighted by Crippen LogP contribution is 2.65. The van der Waals surface area contributed by atoms with E-state index in [-0.39, 0.29) is 24.0 Å². The number of aliphatic carboxylic acids is 1. The van der Waals surface area contributed by atoms with E-state index in [4.69, 9.17) is 4.74 Å². The topological polar surface area (TPSA) is 136 Å². The van der Waals surface area contributed by atoms with Crippen LogP contribution in [0.1, 0.15) is 62.5 Å². The number of Topliss-reactive ketones (excluding diaryl/α,β-unsaturated/α-hetero) is 1. The number of carboxylic acids is 1. The fourth-order valence-electron chi connectivity index (χ4n) is 8.22. The summed E-state index contributed by atoms with van der Waals surface area (Å²) in [5.41, 5.74) is -2.11. The standard InChI is InChI=1S/C27H32N2O7/c30-17-6-5-15-11-18-27(35)12-16(23(32)28-25(24(33)34)7-1-2-8-25)20(31)22-26(27,19(15)21(17)36-22)9-10-29(18)13-14-3-4-14/h5-6,14,16,18,22,30,35H,1-4,7-13H2,(H,28,32)(H,33,34)/t16?,18-,22+,26+,27-/m1/s1. The molecule has 6 aliphatic rings. The van der Waals surface area contributed by atoms with Crippen molar-refractivity contribution in [1.29, 1.82) is 0 Å². The number of ether oxygens (including phenoxy) is 1. The summed E-state index contributed by atoms with van der Waals surface area (Å²) in [4.78, 5) is 41.9. The number of piperidine rings is 1. The maximum Gasteiger partial charge on any atom is 0.329 e. The first kappa shape index (κ1) is 22.5. The van der Waals surface area contributed by atoms with Crippen molar-refractivity contribution in [3.05, 3.63) is 23.3 Å². The van der Waals surface area contributed by atoms with E-state index >= 15 is 0 Å². The summed E-state index contributed by atoms with van der Waals surface area (Å²) in [6, 6.07) is 3.16. The molecular formula is C27H32N2O7. The third-order valence-electron chi connectivity index (χ3n) is 10.2. The van der Waals surface area contributed by atoms with Crippen molar-refractivity contribution in [3.63, 3.8) is 0 Å². The Kier molecular flexibility index (Phi) is 4.52. The molecule has 4 N–H and O–H groups in total. The number of hydrogen-bond acceptors (Lipinski definition) is 7. The molecule has 2 aliphatic heterocycles. The van der Waals surface area contributed by atoms with Gasteiger partial charge in [-0.25, -0.2) is 4.79 Å². The number of rotatable bonds is 5. The molecule has 2 heterocycles. The number of hydrogen-bond donors (Lipinski definition) is 4. The Bertz CT molecular complexity index is 1190. The first-order valence-corrected chi connectivity index (χ1v) is 13.3. The number of carbonyl (C=O) groups excluding carboxylic acids is 2. The second kappa shape index (κ2) is 7.22. The molecule has 1 aromatic carbocycles. The summed E-state index contributed by atoms with van der Waals surface area (Å²) in [7, 11) is 0. The quantitative estimate of drug-likeness (QED) is 0.448. The number of aromatic hydroxyl groups is 1. The molecule has 1 unspecified atom stereocenters. The zero-order chi connectivity index (χ0) is 25.0. The second-order valence-electron chi connectivity index (χ2n) is 12.0. The smallest absolute Gasteiger partial charge is 0.329 e. The van der Waals surface area contributed by atoms with E-state index in [1.807, 2.05) is 6.07 Å². The number of nitrogens with one attached hydrogen (secondary N) is 1. The number of nitrogens with zero attached hydrogens (tertiary/aromatic N) is 1. The van der Waals surface area contributed by atoms with Crippen molar-refractivity contribution in [2.75, 3.05) is 13.1 Å². The molecule has 192 valence electrons. The van der Waals surface area contributed by atoms with E-state index in [0.29, 0.717) is 51.0 Å². The molecule has 1 aromatic rings. The molecule has 2 bridgehead atoms. The van der Waals surface area contributed by atoms with Gasteiger partial charge in [-0.05, 0) is 69.0 Å². The summed E-state index contributed by atoms with van der Waals surface area (Å²) in [6.07, 6.45) is 4.26. The summed E-state index contributed by atoms with van der Waals surface area (Å²) in [5, 5.41) is 35.9. The van der Waals surface area contributed by atoms with Gasteiger partial charge >= 0.3 is 5.97 Å². The van der Waals surface area contributed by atoms with Crippen LogP contribution in [-0.4, -0.2) is 74.3 Å². The van der Waals surface area contributed by atoms with Crippen LogP contribution in [0.15, 0.2) is 12.1 Å². The highest BCUT2D eigenvalue weighted by molar-refractivity contribution is 6.07. The van der Waals surface area contributed by atoms with Gasteiger partial charge < -0.3 is 25.4 Å². The first-order valence-electron chi connectivity index (χ1n) is 13.3. The van der Waals surface area contributed by atoms with Gasteiger partial charge in [-0.2, -0.15) is 0 Å². The lowest BCUT2D eigenvalue weighted by Crippen LogP contribution is -2.78. The average Bonchev–Trinajstić information content (AvgIpc) is 3.38. The van der Waals surface area contributed by atoms with E-state index < -0.39 is 46.2 Å². The Morgan fingerprint density at radius 2 is 1.92 bits per heavy atom. The van der Waals surface area contributed by atoms with Crippen molar-refractivity contribution in [1.82, 2.24) is 10.2 Å². The minimum absolute atomic E-state index is 0.0664. The molecule has 7 rings (SSSR count). The molecular weight excluding hydrogens is 464 g/mol. The van der Waals surface area contributed by atoms with Gasteiger partial charge in [0, 0.05) is 18.2 Å². The molecule has 4 fully saturated rings. The number of aliphatic hydroxyl groups is 1. The van der Waals surface area contributed by atoms with Gasteiger partial charge in [0.15, 0.2) is 23.4 Å². The number of ketones is 1. The number of likely N-dealkylation sites (tertiary alicyclic amines) is 1. The Balaban J connectivity index is 1.31. The van der Waals surface area contributed by atoms with E-state index in [0.717, 1.165) is 17.7 Å². The van der Waals surface area contributed by atoms with Crippen LogP contribution in [0.4, 0.5) is 0 Å². The van der Waals surface area contributed by atoms with Gasteiger partial charge in [-0.1, -0.05) is 18.9 Å². The fourth-order valence-corrected chi connectivity index (χ4v) is 8.22. The number of carboxylic acid groups (broad SMARTS) is 1. The van der Waals surface area contributed by atoms with Crippen molar-refractivity contribution in [3.8, 4) is 11.5 Å². The lowest BCUT2D eigenvalue weighted by Gasteiger charge is -2.63. The van der Waals surface area contributed by atoms with Crippen molar-refractivity contribution < 1.29 is 34.4 Å². The predicted molar refractivity (Wildman–Crippen MR) is 126 cm³/mol. The number of phenolic OH excluding ortho intramolecular Hbond substituents is 1. The molecule has 36 heavy (non-hydrogen) atoms. The zero-order valence-corrected chi connectivity index (χ0v) is 20.2. The van der Waals surface area contributed by atoms with Crippen LogP contribution in [0.3, 0.4) is 0 Å². The summed E-state index contributed by atoms with van der Waals surface area (Å²) >= 11 is 0. The van der Waals surface area contributed by atoms with Crippen molar-refractivity contribution >= 4 is 17.7 Å². The largest absolute Gasteiger partial charge is 0.504 e. The van der Waals surface area contributed by atoms with Crippen molar-refractivity contribution in [2.24, 2.45) is 11.8 Å². The van der Waals surface area contributed by atoms with Crippen LogP contribution < -0.4 is 10.1 Å². The van der Waals surface area contributed by atoms with Gasteiger partial charge in [0.1, 0.15) is 11.5 Å². The summed E-state index contributed by atoms with van der Waals surface area (Å²) < 4.78 is 6.16. The molecule has 0 aromatic heterocycles. The normalized spacial score (nSPS) is 37.8. The van der Waals surface area contributed by atoms with Crippen LogP contribution in [0.5, 0.6) is 11.5 Å². The summed E-state index contributed by atoms with van der Waals surface area (Å²) in [5.74, 6) is -2.59. The maximum atomic E-state index is 13.9. The van der Waals surface area contributed by atoms with Gasteiger partial charge in [0.05, 0.1) is 11.0 Å². The SMILES string of the molecule is O=C(NC1(C(=O)O)CCCC1)C1C[C@@]2(O)[C@H]3Cc4ccc(O)c5c4[C@@]2(CCN3CC2CC2)[C@@H](O5)C1=O. The minimum atomic E-state index is -1.42. The third-order valence-corrected chi connectivity index (χ3v) is 10.2. The van der Waals surface area contributed by atoms with Gasteiger partial charge in [0.25, 0.3) is 0 Å². The Morgan fingerprint density at radius 1 is 1.17 bits per heavy atom. The van der Waals surface area contributed by atoms with Gasteiger partial charge in [0.2, 0.25) is 5.91 Å². The second-order valence-corrected chi connectivity index (χ2v) is 12.0. The zero-order valence-electron chi connectivity index (χ0n) is 20.2. The maximum absolute atomic E-state index is 13.9. The molecule has 9 heteroatoms. The average molecular weight is 497 g/mol. The monoisotopic (exact) mass is 496 g/mol. The highest BCUT2D eigenvalue weighted by Gasteiger charge is 2.75. The number of benzene rings is 1. The van der Waals surface area contributed by atoms with Gasteiger partial charge in [-0.15, -0.1) is 0 Å². The van der Waals surface area contributed by atoms with Gasteiger partial charge in [-0.3, -0.25) is 14.5 Å². The molecule has 0 radical (unpaired) electrons. The van der Waals surface area contributed by atoms with E-state index in [1.165, 1.54) is 12.8 Å². The number of amides is 1. The predicted octanol–water partition coefficient (Wildman–Crippen LogP) is 1.27. The van der Waals surface area contributed by atoms with Crippen LogP contribution in [-0.2, 0) is 26.2 Å². The summed E-state index contributed by atoms with van der Waals surface area (Å²) in [6.45, 7) is 1.59. The Hall–Kier alpha value is -2.65. The highest BCUT2D eigenvalue weighted by atomic mass is 16.5. The Morgan fingerprint density at radius 3 is 2.61 bits per heavy atom.